The molecular weight excluding hydrogens is 148 g/mol. The van der Waals surface area contributed by atoms with E-state index in [9.17, 15) is 0 Å². The first-order valence-electron chi connectivity index (χ1n) is 1.20. The topological polar surface area (TPSA) is 0 Å². The summed E-state index contributed by atoms with van der Waals surface area (Å²) in [5.41, 5.74) is 0. The molecule has 0 aromatic rings. The molecule has 0 radical (unpaired) electrons. The van der Waals surface area contributed by atoms with Crippen molar-refractivity contribution >= 4 is 28.6 Å². The minimum absolute atomic E-state index is 0.788. The van der Waals surface area contributed by atoms with Gasteiger partial charge in [0.1, 0.15) is 0 Å². The molecule has 0 bridgehead atoms. The van der Waals surface area contributed by atoms with E-state index in [0.717, 1.165) is 10.2 Å². The highest BCUT2D eigenvalue weighted by atomic mass is 79.9. The van der Waals surface area contributed by atoms with E-state index >= 15 is 0 Å². The van der Waals surface area contributed by atoms with E-state index in [1.54, 1.807) is 0 Å². The van der Waals surface area contributed by atoms with Gasteiger partial charge in [-0.1, -0.05) is 22.5 Å². The first-order valence-corrected chi connectivity index (χ1v) is 2.77. The first-order chi connectivity index (χ1) is 2.27. The summed E-state index contributed by atoms with van der Waals surface area (Å²) >= 11 is 6.99. The molecule has 0 aliphatic rings. The van der Waals surface area contributed by atoms with Crippen molar-refractivity contribution in [3.63, 3.8) is 0 Å². The van der Waals surface area contributed by atoms with E-state index in [4.69, 9.17) is 0 Å². The summed E-state index contributed by atoms with van der Waals surface area (Å²) in [7, 11) is 0. The predicted octanol–water partition coefficient (Wildman–Crippen LogP) is 1.82. The second-order valence-corrected chi connectivity index (χ2v) is 1.89. The molecule has 30 valence electrons. The zero-order valence-electron chi connectivity index (χ0n) is 2.74. The van der Waals surface area contributed by atoms with E-state index in [0.29, 0.717) is 0 Å². The minimum atomic E-state index is 0.788. The fourth-order valence-electron chi connectivity index (χ4n) is 0. The van der Waals surface area contributed by atoms with E-state index in [-0.39, 0.29) is 0 Å². The third-order valence-electron chi connectivity index (χ3n) is 0.154. The van der Waals surface area contributed by atoms with Crippen molar-refractivity contribution in [3.05, 3.63) is 11.5 Å². The van der Waals surface area contributed by atoms with Gasteiger partial charge < -0.3 is 0 Å². The number of allylic oxidation sites excluding steroid dienone is 1. The zero-order valence-corrected chi connectivity index (χ0v) is 5.22. The van der Waals surface area contributed by atoms with Crippen LogP contribution < -0.4 is 0 Å². The maximum Gasteiger partial charge on any atom is 0.0334 e. The molecule has 0 aliphatic heterocycles. The molecule has 0 rings (SSSR count). The predicted molar refractivity (Wildman–Crippen MR) is 31.9 cm³/mol. The van der Waals surface area contributed by atoms with Crippen LogP contribution in [-0.4, -0.2) is 5.33 Å². The zero-order chi connectivity index (χ0) is 4.28. The molecular formula is C3H5BrS. The van der Waals surface area contributed by atoms with Gasteiger partial charge >= 0.3 is 0 Å². The molecule has 0 N–H and O–H groups in total. The van der Waals surface area contributed by atoms with Crippen LogP contribution in [0.3, 0.4) is 0 Å². The van der Waals surface area contributed by atoms with Gasteiger partial charge in [-0.2, -0.15) is 0 Å². The van der Waals surface area contributed by atoms with Gasteiger partial charge in [-0.25, -0.2) is 0 Å². The van der Waals surface area contributed by atoms with Crippen LogP contribution in [0.4, 0.5) is 0 Å². The number of hydrogen-bond donors (Lipinski definition) is 1. The Labute approximate surface area is 45.8 Å². The first kappa shape index (κ1) is 5.57. The third kappa shape index (κ3) is 4.57. The van der Waals surface area contributed by atoms with Crippen molar-refractivity contribution in [1.82, 2.24) is 0 Å². The molecule has 0 aromatic heterocycles. The van der Waals surface area contributed by atoms with Crippen LogP contribution in [0.15, 0.2) is 11.5 Å². The van der Waals surface area contributed by atoms with Gasteiger partial charge in [0.25, 0.3) is 0 Å². The maximum absolute atomic E-state index is 3.86. The Morgan fingerprint density at radius 1 is 2.00 bits per heavy atom. The fourth-order valence-corrected chi connectivity index (χ4v) is 0. The van der Waals surface area contributed by atoms with Gasteiger partial charge in [0.05, 0.1) is 0 Å². The van der Waals surface area contributed by atoms with Crippen LogP contribution in [0.25, 0.3) is 0 Å². The molecule has 0 aromatic carbocycles. The van der Waals surface area contributed by atoms with Gasteiger partial charge in [-0.15, -0.1) is 12.6 Å². The number of halogens is 1. The Balaban J connectivity index is 2.85. The van der Waals surface area contributed by atoms with E-state index in [1.165, 1.54) is 0 Å². The SMILES string of the molecule is C=C(S)CBr. The smallest absolute Gasteiger partial charge is 0.0334 e. The highest BCUT2D eigenvalue weighted by Crippen LogP contribution is 1.97. The molecule has 0 amide bonds. The van der Waals surface area contributed by atoms with Crippen LogP contribution in [0, 0.1) is 0 Å². The lowest BCUT2D eigenvalue weighted by molar-refractivity contribution is 1.81. The number of hydrogen-bond acceptors (Lipinski definition) is 1. The fraction of sp³-hybridized carbons (Fsp3) is 0.333. The molecule has 0 nitrogen and oxygen atoms in total. The highest BCUT2D eigenvalue weighted by molar-refractivity contribution is 9.09. The Kier molecular flexibility index (Phi) is 3.11. The molecule has 0 atom stereocenters. The van der Waals surface area contributed by atoms with Gasteiger partial charge in [0, 0.05) is 5.33 Å². The van der Waals surface area contributed by atoms with Crippen LogP contribution >= 0.6 is 28.6 Å². The lowest BCUT2D eigenvalue weighted by Crippen LogP contribution is -1.59. The molecule has 0 aliphatic carbocycles. The minimum Gasteiger partial charge on any atom is -0.148 e. The molecule has 0 unspecified atom stereocenters. The Morgan fingerprint density at radius 3 is 2.20 bits per heavy atom. The van der Waals surface area contributed by atoms with Crippen molar-refractivity contribution in [1.29, 1.82) is 0 Å². The largest absolute Gasteiger partial charge is 0.148 e. The van der Waals surface area contributed by atoms with E-state index in [1.807, 2.05) is 0 Å². The summed E-state index contributed by atoms with van der Waals surface area (Å²) in [5.74, 6) is 0. The molecule has 5 heavy (non-hydrogen) atoms. The Hall–Kier alpha value is 0.570. The van der Waals surface area contributed by atoms with Crippen molar-refractivity contribution in [2.24, 2.45) is 0 Å². The summed E-state index contributed by atoms with van der Waals surface area (Å²) in [5, 5.41) is 0.788. The quantitative estimate of drug-likeness (QED) is 0.431. The Bertz CT molecular complexity index is 42.2. The van der Waals surface area contributed by atoms with Gasteiger partial charge in [0.2, 0.25) is 0 Å². The Morgan fingerprint density at radius 2 is 2.20 bits per heavy atom. The third-order valence-corrected chi connectivity index (χ3v) is 1.42. The van der Waals surface area contributed by atoms with Crippen molar-refractivity contribution in [2.75, 3.05) is 5.33 Å². The summed E-state index contributed by atoms with van der Waals surface area (Å²) in [6.45, 7) is 3.49. The number of rotatable bonds is 1. The molecule has 2 heteroatoms. The monoisotopic (exact) mass is 152 g/mol. The molecule has 0 spiro atoms. The van der Waals surface area contributed by atoms with E-state index < -0.39 is 0 Å². The summed E-state index contributed by atoms with van der Waals surface area (Å²) in [6.07, 6.45) is 0. The summed E-state index contributed by atoms with van der Waals surface area (Å²) < 4.78 is 0. The van der Waals surface area contributed by atoms with Gasteiger partial charge in [0.15, 0.2) is 0 Å². The normalized spacial score (nSPS) is 7.60. The van der Waals surface area contributed by atoms with Crippen molar-refractivity contribution in [3.8, 4) is 0 Å². The summed E-state index contributed by atoms with van der Waals surface area (Å²) in [6, 6.07) is 0. The maximum atomic E-state index is 3.86. The number of alkyl halides is 1. The van der Waals surface area contributed by atoms with Crippen molar-refractivity contribution in [2.45, 2.75) is 0 Å². The standard InChI is InChI=1S/C3H5BrS/c1-3(5)2-4/h5H,1-2H2. The second-order valence-electron chi connectivity index (χ2n) is 0.700. The number of thiol groups is 1. The van der Waals surface area contributed by atoms with Gasteiger partial charge in [-0.05, 0) is 4.91 Å². The molecule has 0 heterocycles. The molecule has 0 saturated heterocycles. The second kappa shape index (κ2) is 2.79. The lowest BCUT2D eigenvalue weighted by Gasteiger charge is -1.76. The molecule has 0 fully saturated rings. The van der Waals surface area contributed by atoms with E-state index in [2.05, 4.69) is 35.1 Å². The van der Waals surface area contributed by atoms with Crippen LogP contribution in [0.5, 0.6) is 0 Å². The highest BCUT2D eigenvalue weighted by Gasteiger charge is 1.71. The van der Waals surface area contributed by atoms with Crippen LogP contribution in [-0.2, 0) is 0 Å². The van der Waals surface area contributed by atoms with Gasteiger partial charge in [-0.3, -0.25) is 0 Å². The lowest BCUT2D eigenvalue weighted by atomic mass is 10.8. The van der Waals surface area contributed by atoms with Crippen molar-refractivity contribution < 1.29 is 0 Å². The average molecular weight is 153 g/mol. The van der Waals surface area contributed by atoms with Crippen LogP contribution in [0.1, 0.15) is 0 Å². The molecule has 0 saturated carbocycles. The average Bonchev–Trinajstić information content (AvgIpc) is 1.38. The van der Waals surface area contributed by atoms with Crippen LogP contribution in [0.2, 0.25) is 0 Å². The summed E-state index contributed by atoms with van der Waals surface area (Å²) in [4.78, 5) is 0.866.